The fourth-order valence-electron chi connectivity index (χ4n) is 1.62. The van der Waals surface area contributed by atoms with Crippen LogP contribution >= 0.6 is 0 Å². The van der Waals surface area contributed by atoms with E-state index in [0.29, 0.717) is 12.2 Å². The Kier molecular flexibility index (Phi) is 5.35. The van der Waals surface area contributed by atoms with Crippen molar-refractivity contribution in [2.24, 2.45) is 0 Å². The van der Waals surface area contributed by atoms with E-state index in [4.69, 9.17) is 4.74 Å². The number of hydrogen-bond acceptors (Lipinski definition) is 3. The predicted octanol–water partition coefficient (Wildman–Crippen LogP) is 2.93. The Hall–Kier alpha value is -1.35. The normalized spacial score (nSPS) is 11.3. The van der Waals surface area contributed by atoms with Gasteiger partial charge >= 0.3 is 5.97 Å². The van der Waals surface area contributed by atoms with Crippen LogP contribution in [-0.2, 0) is 4.74 Å². The van der Waals surface area contributed by atoms with Crippen LogP contribution in [0.1, 0.15) is 43.1 Å². The van der Waals surface area contributed by atoms with E-state index in [2.05, 4.69) is 12.2 Å². The fourth-order valence-corrected chi connectivity index (χ4v) is 1.62. The van der Waals surface area contributed by atoms with Crippen LogP contribution in [0.3, 0.4) is 0 Å². The van der Waals surface area contributed by atoms with Crippen molar-refractivity contribution in [1.29, 1.82) is 0 Å². The zero-order valence-electron chi connectivity index (χ0n) is 11.7. The number of hydrogen-bond donors (Lipinski definition) is 1. The molecular weight excluding hydrogens is 226 g/mol. The van der Waals surface area contributed by atoms with E-state index in [0.717, 1.165) is 18.5 Å². The van der Waals surface area contributed by atoms with Gasteiger partial charge in [-0.1, -0.05) is 24.6 Å². The lowest BCUT2D eigenvalue weighted by atomic mass is 10.1. The number of carbonyl (C=O) groups is 1. The summed E-state index contributed by atoms with van der Waals surface area (Å²) in [5, 5.41) is 3.35. The van der Waals surface area contributed by atoms with Gasteiger partial charge in [0.2, 0.25) is 0 Å². The van der Waals surface area contributed by atoms with Crippen LogP contribution in [0.4, 0.5) is 0 Å². The lowest BCUT2D eigenvalue weighted by Gasteiger charge is -2.25. The number of ether oxygens (including phenoxy) is 1. The van der Waals surface area contributed by atoms with Crippen LogP contribution in [0, 0.1) is 6.92 Å². The minimum Gasteiger partial charge on any atom is -0.460 e. The highest BCUT2D eigenvalue weighted by molar-refractivity contribution is 5.89. The molecule has 0 amide bonds. The summed E-state index contributed by atoms with van der Waals surface area (Å²) in [7, 11) is 0. The average Bonchev–Trinajstić information content (AvgIpc) is 2.34. The third-order valence-electron chi connectivity index (χ3n) is 2.67. The van der Waals surface area contributed by atoms with Crippen molar-refractivity contribution >= 4 is 5.97 Å². The molecule has 1 aromatic carbocycles. The van der Waals surface area contributed by atoms with Gasteiger partial charge in [-0.2, -0.15) is 0 Å². The second-order valence-corrected chi connectivity index (χ2v) is 5.26. The number of aryl methyl sites for hydroxylation is 1. The molecule has 18 heavy (non-hydrogen) atoms. The second kappa shape index (κ2) is 6.55. The van der Waals surface area contributed by atoms with Crippen LogP contribution < -0.4 is 5.32 Å². The number of benzene rings is 1. The number of esters is 1. The molecule has 1 N–H and O–H groups in total. The summed E-state index contributed by atoms with van der Waals surface area (Å²) in [4.78, 5) is 11.9. The Bertz CT molecular complexity index is 399. The lowest BCUT2D eigenvalue weighted by molar-refractivity contribution is 0.0401. The average molecular weight is 249 g/mol. The molecule has 0 bridgehead atoms. The number of carbonyl (C=O) groups excluding carboxylic acids is 1. The smallest absolute Gasteiger partial charge is 0.338 e. The molecule has 0 aliphatic heterocycles. The summed E-state index contributed by atoms with van der Waals surface area (Å²) in [5.41, 5.74) is 1.49. The van der Waals surface area contributed by atoms with E-state index in [9.17, 15) is 4.79 Å². The molecule has 1 aromatic rings. The molecule has 3 heteroatoms. The van der Waals surface area contributed by atoms with Gasteiger partial charge in [-0.25, -0.2) is 4.79 Å². The molecule has 0 atom stereocenters. The quantitative estimate of drug-likeness (QED) is 0.788. The molecule has 0 spiro atoms. The van der Waals surface area contributed by atoms with Gasteiger partial charge < -0.3 is 10.1 Å². The first-order valence-electron chi connectivity index (χ1n) is 6.43. The Morgan fingerprint density at radius 3 is 2.72 bits per heavy atom. The summed E-state index contributed by atoms with van der Waals surface area (Å²) in [5.74, 6) is -0.259. The standard InChI is InChI=1S/C15H23NO2/c1-5-9-16-15(3,4)11-18-14(17)13-8-6-7-12(2)10-13/h6-8,10,16H,5,9,11H2,1-4H3. The molecule has 0 unspecified atom stereocenters. The van der Waals surface area contributed by atoms with Gasteiger partial charge in [0.1, 0.15) is 6.61 Å². The van der Waals surface area contributed by atoms with Gasteiger partial charge in [-0.3, -0.25) is 0 Å². The maximum atomic E-state index is 11.9. The second-order valence-electron chi connectivity index (χ2n) is 5.26. The maximum absolute atomic E-state index is 11.9. The lowest BCUT2D eigenvalue weighted by Crippen LogP contribution is -2.44. The monoisotopic (exact) mass is 249 g/mol. The zero-order valence-corrected chi connectivity index (χ0v) is 11.7. The minimum absolute atomic E-state index is 0.185. The van der Waals surface area contributed by atoms with Crippen LogP contribution in [0.15, 0.2) is 24.3 Å². The summed E-state index contributed by atoms with van der Waals surface area (Å²) >= 11 is 0. The van der Waals surface area contributed by atoms with Crippen molar-refractivity contribution in [2.45, 2.75) is 39.7 Å². The maximum Gasteiger partial charge on any atom is 0.338 e. The highest BCUT2D eigenvalue weighted by Crippen LogP contribution is 2.08. The van der Waals surface area contributed by atoms with Crippen LogP contribution in [0.25, 0.3) is 0 Å². The van der Waals surface area contributed by atoms with Crippen molar-refractivity contribution in [2.75, 3.05) is 13.2 Å². The minimum atomic E-state index is -0.259. The van der Waals surface area contributed by atoms with Crippen LogP contribution in [0.5, 0.6) is 0 Å². The van der Waals surface area contributed by atoms with Crippen LogP contribution in [0.2, 0.25) is 0 Å². The van der Waals surface area contributed by atoms with Gasteiger partial charge in [0.15, 0.2) is 0 Å². The van der Waals surface area contributed by atoms with E-state index >= 15 is 0 Å². The molecule has 3 nitrogen and oxygen atoms in total. The van der Waals surface area contributed by atoms with Crippen molar-refractivity contribution in [3.8, 4) is 0 Å². The van der Waals surface area contributed by atoms with Gasteiger partial charge in [0.25, 0.3) is 0 Å². The Morgan fingerprint density at radius 2 is 2.11 bits per heavy atom. The molecule has 0 aromatic heterocycles. The van der Waals surface area contributed by atoms with E-state index in [1.165, 1.54) is 0 Å². The third kappa shape index (κ3) is 4.88. The van der Waals surface area contributed by atoms with Gasteiger partial charge in [-0.15, -0.1) is 0 Å². The Morgan fingerprint density at radius 1 is 1.39 bits per heavy atom. The summed E-state index contributed by atoms with van der Waals surface area (Å²) < 4.78 is 5.34. The van der Waals surface area contributed by atoms with Crippen molar-refractivity contribution < 1.29 is 9.53 Å². The first-order chi connectivity index (χ1) is 8.44. The van der Waals surface area contributed by atoms with Crippen molar-refractivity contribution in [1.82, 2.24) is 5.32 Å². The highest BCUT2D eigenvalue weighted by atomic mass is 16.5. The van der Waals surface area contributed by atoms with Gasteiger partial charge in [0, 0.05) is 5.54 Å². The van der Waals surface area contributed by atoms with E-state index in [1.807, 2.05) is 39.0 Å². The van der Waals surface area contributed by atoms with Gasteiger partial charge in [0.05, 0.1) is 5.56 Å². The number of rotatable bonds is 6. The molecular formula is C15H23NO2. The Labute approximate surface area is 110 Å². The third-order valence-corrected chi connectivity index (χ3v) is 2.67. The molecule has 0 saturated heterocycles. The molecule has 0 aliphatic carbocycles. The molecule has 0 radical (unpaired) electrons. The molecule has 0 aliphatic rings. The van der Waals surface area contributed by atoms with Crippen molar-refractivity contribution in [3.05, 3.63) is 35.4 Å². The summed E-state index contributed by atoms with van der Waals surface area (Å²) in [6, 6.07) is 7.45. The zero-order chi connectivity index (χ0) is 13.6. The van der Waals surface area contributed by atoms with Gasteiger partial charge in [-0.05, 0) is 45.9 Å². The van der Waals surface area contributed by atoms with Crippen molar-refractivity contribution in [3.63, 3.8) is 0 Å². The molecule has 0 fully saturated rings. The SMILES string of the molecule is CCCNC(C)(C)COC(=O)c1cccc(C)c1. The highest BCUT2D eigenvalue weighted by Gasteiger charge is 2.19. The van der Waals surface area contributed by atoms with E-state index in [-0.39, 0.29) is 11.5 Å². The predicted molar refractivity (Wildman–Crippen MR) is 73.8 cm³/mol. The summed E-state index contributed by atoms with van der Waals surface area (Å²) in [6.07, 6.45) is 1.06. The molecule has 100 valence electrons. The first kappa shape index (κ1) is 14.7. The van der Waals surface area contributed by atoms with Crippen LogP contribution in [-0.4, -0.2) is 24.7 Å². The largest absolute Gasteiger partial charge is 0.460 e. The number of nitrogens with one attached hydrogen (secondary N) is 1. The molecule has 0 saturated carbocycles. The summed E-state index contributed by atoms with van der Waals surface area (Å²) in [6.45, 7) is 9.44. The fraction of sp³-hybridized carbons (Fsp3) is 0.533. The van der Waals surface area contributed by atoms with E-state index in [1.54, 1.807) is 6.07 Å². The molecule has 0 heterocycles. The molecule has 1 rings (SSSR count). The first-order valence-corrected chi connectivity index (χ1v) is 6.43. The topological polar surface area (TPSA) is 38.3 Å². The van der Waals surface area contributed by atoms with E-state index < -0.39 is 0 Å². The Balaban J connectivity index is 2.50.